The molecule has 0 saturated heterocycles. The average Bonchev–Trinajstić information content (AvgIpc) is 2.71. The van der Waals surface area contributed by atoms with Crippen LogP contribution >= 0.6 is 0 Å². The minimum Gasteiger partial charge on any atom is -0.493 e. The van der Waals surface area contributed by atoms with Crippen molar-refractivity contribution >= 4 is 11.6 Å². The summed E-state index contributed by atoms with van der Waals surface area (Å²) in [4.78, 5) is 12.8. The standard InChI is InChI=1S/C25H27NO3/c1-5-28-24-13-12-20(25(27)26-23-11-7-9-18(3)19(23)4)15-21(24)16-29-22-10-6-8-17(2)14-22/h6-15H,5,16H2,1-4H3,(H,26,27). The second-order valence-electron chi connectivity index (χ2n) is 7.06. The zero-order chi connectivity index (χ0) is 20.8. The minimum absolute atomic E-state index is 0.154. The van der Waals surface area contributed by atoms with Crippen LogP contribution in [0.3, 0.4) is 0 Å². The van der Waals surface area contributed by atoms with Crippen LogP contribution in [0.15, 0.2) is 60.7 Å². The van der Waals surface area contributed by atoms with Crippen molar-refractivity contribution in [2.75, 3.05) is 11.9 Å². The summed E-state index contributed by atoms with van der Waals surface area (Å²) in [5.41, 5.74) is 5.56. The number of benzene rings is 3. The number of amides is 1. The summed E-state index contributed by atoms with van der Waals surface area (Å²) in [5.74, 6) is 1.36. The third kappa shape index (κ3) is 5.17. The third-order valence-electron chi connectivity index (χ3n) is 4.86. The molecular formula is C25H27NO3. The summed E-state index contributed by atoms with van der Waals surface area (Å²) in [6.45, 7) is 8.87. The third-order valence-corrected chi connectivity index (χ3v) is 4.86. The lowest BCUT2D eigenvalue weighted by Gasteiger charge is -2.14. The Morgan fingerprint density at radius 1 is 0.931 bits per heavy atom. The fraction of sp³-hybridized carbons (Fsp3) is 0.240. The SMILES string of the molecule is CCOc1ccc(C(=O)Nc2cccc(C)c2C)cc1COc1cccc(C)c1. The Morgan fingerprint density at radius 2 is 1.72 bits per heavy atom. The van der Waals surface area contributed by atoms with Gasteiger partial charge in [-0.2, -0.15) is 0 Å². The fourth-order valence-electron chi connectivity index (χ4n) is 3.08. The van der Waals surface area contributed by atoms with E-state index in [2.05, 4.69) is 5.32 Å². The van der Waals surface area contributed by atoms with E-state index in [1.165, 1.54) is 0 Å². The molecule has 0 fully saturated rings. The van der Waals surface area contributed by atoms with E-state index in [0.717, 1.165) is 39.4 Å². The molecule has 0 unspecified atom stereocenters. The molecule has 29 heavy (non-hydrogen) atoms. The van der Waals surface area contributed by atoms with Gasteiger partial charge in [0.25, 0.3) is 5.91 Å². The molecule has 0 atom stereocenters. The monoisotopic (exact) mass is 389 g/mol. The summed E-state index contributed by atoms with van der Waals surface area (Å²) in [6.07, 6.45) is 0. The lowest BCUT2D eigenvalue weighted by Crippen LogP contribution is -2.14. The summed E-state index contributed by atoms with van der Waals surface area (Å²) in [5, 5.41) is 3.01. The normalized spacial score (nSPS) is 10.5. The first-order valence-corrected chi connectivity index (χ1v) is 9.80. The fourth-order valence-corrected chi connectivity index (χ4v) is 3.08. The Kier molecular flexibility index (Phi) is 6.55. The summed E-state index contributed by atoms with van der Waals surface area (Å²) in [7, 11) is 0. The van der Waals surface area contributed by atoms with Gasteiger partial charge in [0.05, 0.1) is 6.61 Å². The average molecular weight is 389 g/mol. The molecule has 4 nitrogen and oxygen atoms in total. The van der Waals surface area contributed by atoms with Crippen molar-refractivity contribution in [1.29, 1.82) is 0 Å². The number of hydrogen-bond donors (Lipinski definition) is 1. The highest BCUT2D eigenvalue weighted by atomic mass is 16.5. The number of aryl methyl sites for hydroxylation is 2. The zero-order valence-electron chi connectivity index (χ0n) is 17.4. The molecule has 0 bridgehead atoms. The van der Waals surface area contributed by atoms with Gasteiger partial charge in [0.15, 0.2) is 0 Å². The van der Waals surface area contributed by atoms with E-state index < -0.39 is 0 Å². The van der Waals surface area contributed by atoms with Crippen LogP contribution in [-0.4, -0.2) is 12.5 Å². The van der Waals surface area contributed by atoms with Crippen molar-refractivity contribution in [2.24, 2.45) is 0 Å². The number of carbonyl (C=O) groups excluding carboxylic acids is 1. The minimum atomic E-state index is -0.154. The van der Waals surface area contributed by atoms with Crippen molar-refractivity contribution in [3.8, 4) is 11.5 Å². The van der Waals surface area contributed by atoms with Crippen LogP contribution in [0.1, 0.15) is 39.5 Å². The number of carbonyl (C=O) groups is 1. The molecular weight excluding hydrogens is 362 g/mol. The molecule has 150 valence electrons. The molecule has 0 radical (unpaired) electrons. The first-order valence-electron chi connectivity index (χ1n) is 9.80. The van der Waals surface area contributed by atoms with Crippen LogP contribution in [-0.2, 0) is 6.61 Å². The van der Waals surface area contributed by atoms with Crippen LogP contribution in [0.2, 0.25) is 0 Å². The smallest absolute Gasteiger partial charge is 0.255 e. The van der Waals surface area contributed by atoms with Gasteiger partial charge in [-0.05, 0) is 80.8 Å². The molecule has 0 saturated carbocycles. The van der Waals surface area contributed by atoms with Crippen LogP contribution < -0.4 is 14.8 Å². The second kappa shape index (κ2) is 9.28. The summed E-state index contributed by atoms with van der Waals surface area (Å²) >= 11 is 0. The van der Waals surface area contributed by atoms with Gasteiger partial charge >= 0.3 is 0 Å². The van der Waals surface area contributed by atoms with E-state index in [-0.39, 0.29) is 5.91 Å². The Bertz CT molecular complexity index is 1010. The van der Waals surface area contributed by atoms with Crippen LogP contribution in [0.4, 0.5) is 5.69 Å². The second-order valence-corrected chi connectivity index (χ2v) is 7.06. The van der Waals surface area contributed by atoms with Gasteiger partial charge in [-0.25, -0.2) is 0 Å². The molecule has 3 rings (SSSR count). The number of anilines is 1. The van der Waals surface area contributed by atoms with E-state index in [1.807, 2.05) is 82.3 Å². The van der Waals surface area contributed by atoms with Gasteiger partial charge in [0.2, 0.25) is 0 Å². The molecule has 3 aromatic carbocycles. The molecule has 0 aliphatic carbocycles. The summed E-state index contributed by atoms with van der Waals surface area (Å²) < 4.78 is 11.7. The Morgan fingerprint density at radius 3 is 2.48 bits per heavy atom. The highest BCUT2D eigenvalue weighted by molar-refractivity contribution is 6.05. The van der Waals surface area contributed by atoms with E-state index >= 15 is 0 Å². The number of hydrogen-bond acceptors (Lipinski definition) is 3. The molecule has 1 amide bonds. The maximum Gasteiger partial charge on any atom is 0.255 e. The quantitative estimate of drug-likeness (QED) is 0.552. The highest BCUT2D eigenvalue weighted by Crippen LogP contribution is 2.25. The van der Waals surface area contributed by atoms with E-state index in [4.69, 9.17) is 9.47 Å². The molecule has 0 aliphatic rings. The largest absolute Gasteiger partial charge is 0.493 e. The first kappa shape index (κ1) is 20.5. The molecule has 1 N–H and O–H groups in total. The van der Waals surface area contributed by atoms with Gasteiger partial charge in [-0.1, -0.05) is 24.3 Å². The van der Waals surface area contributed by atoms with E-state index in [9.17, 15) is 4.79 Å². The maximum absolute atomic E-state index is 12.8. The molecule has 0 aromatic heterocycles. The van der Waals surface area contributed by atoms with E-state index in [1.54, 1.807) is 6.07 Å². The predicted octanol–water partition coefficient (Wildman–Crippen LogP) is 5.84. The van der Waals surface area contributed by atoms with Gasteiger partial charge < -0.3 is 14.8 Å². The molecule has 0 aliphatic heterocycles. The number of nitrogens with one attached hydrogen (secondary N) is 1. The van der Waals surface area contributed by atoms with Crippen molar-refractivity contribution in [1.82, 2.24) is 0 Å². The highest BCUT2D eigenvalue weighted by Gasteiger charge is 2.13. The van der Waals surface area contributed by atoms with Crippen LogP contribution in [0, 0.1) is 20.8 Å². The zero-order valence-corrected chi connectivity index (χ0v) is 17.4. The van der Waals surface area contributed by atoms with Crippen molar-refractivity contribution in [3.63, 3.8) is 0 Å². The predicted molar refractivity (Wildman–Crippen MR) is 117 cm³/mol. The maximum atomic E-state index is 12.8. The van der Waals surface area contributed by atoms with Gasteiger partial charge in [-0.15, -0.1) is 0 Å². The van der Waals surface area contributed by atoms with E-state index in [0.29, 0.717) is 18.8 Å². The van der Waals surface area contributed by atoms with Crippen molar-refractivity contribution < 1.29 is 14.3 Å². The summed E-state index contributed by atoms with van der Waals surface area (Å²) in [6, 6.07) is 19.2. The van der Waals surface area contributed by atoms with Gasteiger partial charge in [0, 0.05) is 16.8 Å². The Balaban J connectivity index is 1.81. The topological polar surface area (TPSA) is 47.6 Å². The van der Waals surface area contributed by atoms with Crippen molar-refractivity contribution in [2.45, 2.75) is 34.3 Å². The molecule has 3 aromatic rings. The Labute approximate surface area is 172 Å². The lowest BCUT2D eigenvalue weighted by atomic mass is 10.1. The Hall–Kier alpha value is -3.27. The van der Waals surface area contributed by atoms with Crippen LogP contribution in [0.5, 0.6) is 11.5 Å². The van der Waals surface area contributed by atoms with Crippen LogP contribution in [0.25, 0.3) is 0 Å². The van der Waals surface area contributed by atoms with Gasteiger partial charge in [0.1, 0.15) is 18.1 Å². The molecule has 0 spiro atoms. The number of rotatable bonds is 7. The lowest BCUT2D eigenvalue weighted by molar-refractivity contribution is 0.102. The first-order chi connectivity index (χ1) is 14.0. The molecule has 4 heteroatoms. The number of ether oxygens (including phenoxy) is 2. The molecule has 0 heterocycles. The van der Waals surface area contributed by atoms with Gasteiger partial charge in [-0.3, -0.25) is 4.79 Å². The van der Waals surface area contributed by atoms with Crippen molar-refractivity contribution in [3.05, 3.63) is 88.5 Å².